The second-order valence-electron chi connectivity index (χ2n) is 7.16. The minimum atomic E-state index is -0.470. The molecule has 1 N–H and O–H groups in total. The maximum absolute atomic E-state index is 12.8. The molecule has 1 atom stereocenters. The number of fused-ring (bicyclic) bond motifs is 1. The molecule has 0 saturated carbocycles. The van der Waals surface area contributed by atoms with Crippen molar-refractivity contribution in [2.75, 3.05) is 19.8 Å². The lowest BCUT2D eigenvalue weighted by Gasteiger charge is -2.38. The first-order valence-electron chi connectivity index (χ1n) is 9.00. The van der Waals surface area contributed by atoms with E-state index in [2.05, 4.69) is 12.2 Å². The van der Waals surface area contributed by atoms with E-state index in [9.17, 15) is 4.79 Å². The SMILES string of the molecule is CCC1CCCCN1C(=O)NC(C)(C)c1ccc2c(c1)OCCO2. The summed E-state index contributed by atoms with van der Waals surface area (Å²) in [5.74, 6) is 1.53. The second-order valence-corrected chi connectivity index (χ2v) is 7.16. The number of benzene rings is 1. The molecule has 24 heavy (non-hydrogen) atoms. The van der Waals surface area contributed by atoms with Gasteiger partial charge in [-0.1, -0.05) is 13.0 Å². The average molecular weight is 332 g/mol. The van der Waals surface area contributed by atoms with Gasteiger partial charge in [0.25, 0.3) is 0 Å². The predicted octanol–water partition coefficient (Wildman–Crippen LogP) is 3.67. The topological polar surface area (TPSA) is 50.8 Å². The molecule has 0 spiro atoms. The van der Waals surface area contributed by atoms with E-state index in [1.165, 1.54) is 6.42 Å². The number of hydrogen-bond acceptors (Lipinski definition) is 3. The van der Waals surface area contributed by atoms with Crippen molar-refractivity contribution >= 4 is 6.03 Å². The highest BCUT2D eigenvalue weighted by Gasteiger charge is 2.31. The van der Waals surface area contributed by atoms with Gasteiger partial charge in [-0.3, -0.25) is 0 Å². The highest BCUT2D eigenvalue weighted by molar-refractivity contribution is 5.75. The Kier molecular flexibility index (Phi) is 4.88. The maximum atomic E-state index is 12.8. The van der Waals surface area contributed by atoms with E-state index in [4.69, 9.17) is 9.47 Å². The largest absolute Gasteiger partial charge is 0.486 e. The lowest BCUT2D eigenvalue weighted by Crippen LogP contribution is -2.53. The summed E-state index contributed by atoms with van der Waals surface area (Å²) in [5, 5.41) is 3.20. The van der Waals surface area contributed by atoms with Gasteiger partial charge < -0.3 is 19.7 Å². The zero-order valence-electron chi connectivity index (χ0n) is 14.9. The lowest BCUT2D eigenvalue weighted by molar-refractivity contribution is 0.140. The molecule has 0 aliphatic carbocycles. The van der Waals surface area contributed by atoms with Crippen molar-refractivity contribution in [2.24, 2.45) is 0 Å². The Bertz CT molecular complexity index is 600. The summed E-state index contributed by atoms with van der Waals surface area (Å²) in [6, 6.07) is 6.29. The van der Waals surface area contributed by atoms with Crippen LogP contribution in [-0.4, -0.2) is 36.7 Å². The highest BCUT2D eigenvalue weighted by Crippen LogP contribution is 2.34. The molecule has 0 bridgehead atoms. The summed E-state index contributed by atoms with van der Waals surface area (Å²) >= 11 is 0. The van der Waals surface area contributed by atoms with Gasteiger partial charge in [0, 0.05) is 12.6 Å². The number of carbonyl (C=O) groups is 1. The molecule has 1 fully saturated rings. The van der Waals surface area contributed by atoms with Crippen LogP contribution in [0.5, 0.6) is 11.5 Å². The van der Waals surface area contributed by atoms with Gasteiger partial charge in [0.15, 0.2) is 11.5 Å². The van der Waals surface area contributed by atoms with Crippen molar-refractivity contribution in [3.8, 4) is 11.5 Å². The third-order valence-electron chi connectivity index (χ3n) is 5.04. The molecule has 5 heteroatoms. The number of hydrogen-bond donors (Lipinski definition) is 1. The quantitative estimate of drug-likeness (QED) is 0.919. The second kappa shape index (κ2) is 6.91. The number of rotatable bonds is 3. The number of carbonyl (C=O) groups excluding carboxylic acids is 1. The predicted molar refractivity (Wildman–Crippen MR) is 93.6 cm³/mol. The molecule has 1 aromatic carbocycles. The zero-order valence-corrected chi connectivity index (χ0v) is 14.9. The molecule has 2 aliphatic rings. The van der Waals surface area contributed by atoms with Crippen molar-refractivity contribution in [1.82, 2.24) is 10.2 Å². The summed E-state index contributed by atoms with van der Waals surface area (Å²) in [6.45, 7) is 8.21. The molecule has 1 unspecified atom stereocenters. The molecule has 2 heterocycles. The summed E-state index contributed by atoms with van der Waals surface area (Å²) in [7, 11) is 0. The first kappa shape index (κ1) is 16.9. The molecule has 2 amide bonds. The van der Waals surface area contributed by atoms with Crippen LogP contribution in [0.1, 0.15) is 52.0 Å². The van der Waals surface area contributed by atoms with Crippen LogP contribution in [0.25, 0.3) is 0 Å². The summed E-state index contributed by atoms with van der Waals surface area (Å²) in [5.41, 5.74) is 0.549. The minimum absolute atomic E-state index is 0.0291. The van der Waals surface area contributed by atoms with Crippen LogP contribution < -0.4 is 14.8 Å². The Morgan fingerprint density at radius 1 is 1.25 bits per heavy atom. The Labute approximate surface area is 144 Å². The van der Waals surface area contributed by atoms with Crippen LogP contribution in [0.4, 0.5) is 4.79 Å². The van der Waals surface area contributed by atoms with Crippen LogP contribution >= 0.6 is 0 Å². The van der Waals surface area contributed by atoms with E-state index >= 15 is 0 Å². The molecular formula is C19H28N2O3. The molecular weight excluding hydrogens is 304 g/mol. The summed E-state index contributed by atoms with van der Waals surface area (Å²) in [6.07, 6.45) is 4.43. The van der Waals surface area contributed by atoms with Crippen LogP contribution in [0.3, 0.4) is 0 Å². The average Bonchev–Trinajstić information content (AvgIpc) is 2.60. The van der Waals surface area contributed by atoms with E-state index in [1.54, 1.807) is 0 Å². The number of piperidine rings is 1. The van der Waals surface area contributed by atoms with Crippen molar-refractivity contribution < 1.29 is 14.3 Å². The van der Waals surface area contributed by atoms with Gasteiger partial charge in [0.1, 0.15) is 13.2 Å². The van der Waals surface area contributed by atoms with Crippen molar-refractivity contribution in [1.29, 1.82) is 0 Å². The fraction of sp³-hybridized carbons (Fsp3) is 0.632. The lowest BCUT2D eigenvalue weighted by atomic mass is 9.93. The molecule has 0 radical (unpaired) electrons. The number of nitrogens with one attached hydrogen (secondary N) is 1. The van der Waals surface area contributed by atoms with Crippen LogP contribution in [0, 0.1) is 0 Å². The maximum Gasteiger partial charge on any atom is 0.318 e. The van der Waals surface area contributed by atoms with Gasteiger partial charge >= 0.3 is 6.03 Å². The smallest absolute Gasteiger partial charge is 0.318 e. The Morgan fingerprint density at radius 2 is 2.00 bits per heavy atom. The molecule has 2 aliphatic heterocycles. The van der Waals surface area contributed by atoms with Crippen molar-refractivity contribution in [2.45, 2.75) is 58.0 Å². The summed E-state index contributed by atoms with van der Waals surface area (Å²) < 4.78 is 11.2. The molecule has 3 rings (SSSR count). The van der Waals surface area contributed by atoms with E-state index in [0.717, 1.165) is 42.9 Å². The van der Waals surface area contributed by atoms with Crippen LogP contribution in [0.2, 0.25) is 0 Å². The standard InChI is InChI=1S/C19H28N2O3/c1-4-15-7-5-6-10-21(15)18(22)20-19(2,3)14-8-9-16-17(13-14)24-12-11-23-16/h8-9,13,15H,4-7,10-12H2,1-3H3,(H,20,22). The highest BCUT2D eigenvalue weighted by atomic mass is 16.6. The monoisotopic (exact) mass is 332 g/mol. The molecule has 0 aromatic heterocycles. The van der Waals surface area contributed by atoms with Gasteiger partial charge in [-0.25, -0.2) is 4.79 Å². The van der Waals surface area contributed by atoms with E-state index < -0.39 is 5.54 Å². The number of nitrogens with zero attached hydrogens (tertiary/aromatic N) is 1. The minimum Gasteiger partial charge on any atom is -0.486 e. The van der Waals surface area contributed by atoms with E-state index in [-0.39, 0.29) is 6.03 Å². The normalized spacial score (nSPS) is 20.6. The van der Waals surface area contributed by atoms with Gasteiger partial charge in [0.2, 0.25) is 0 Å². The molecule has 5 nitrogen and oxygen atoms in total. The third kappa shape index (κ3) is 3.45. The van der Waals surface area contributed by atoms with Gasteiger partial charge in [-0.2, -0.15) is 0 Å². The van der Waals surface area contributed by atoms with E-state index in [1.807, 2.05) is 36.9 Å². The molecule has 1 aromatic rings. The van der Waals surface area contributed by atoms with Gasteiger partial charge in [-0.15, -0.1) is 0 Å². The molecule has 132 valence electrons. The van der Waals surface area contributed by atoms with Crippen LogP contribution in [-0.2, 0) is 5.54 Å². The first-order chi connectivity index (χ1) is 11.5. The zero-order chi connectivity index (χ0) is 17.2. The fourth-order valence-electron chi connectivity index (χ4n) is 3.54. The number of likely N-dealkylation sites (tertiary alicyclic amines) is 1. The third-order valence-corrected chi connectivity index (χ3v) is 5.04. The van der Waals surface area contributed by atoms with Crippen molar-refractivity contribution in [3.05, 3.63) is 23.8 Å². The Hall–Kier alpha value is -1.91. The summed E-state index contributed by atoms with van der Waals surface area (Å²) in [4.78, 5) is 14.8. The number of ether oxygens (including phenoxy) is 2. The Balaban J connectivity index is 1.74. The number of urea groups is 1. The molecule has 1 saturated heterocycles. The van der Waals surface area contributed by atoms with Gasteiger partial charge in [-0.05, 0) is 57.2 Å². The van der Waals surface area contributed by atoms with Crippen molar-refractivity contribution in [3.63, 3.8) is 0 Å². The fourth-order valence-corrected chi connectivity index (χ4v) is 3.54. The van der Waals surface area contributed by atoms with E-state index in [0.29, 0.717) is 19.3 Å². The van der Waals surface area contributed by atoms with Gasteiger partial charge in [0.05, 0.1) is 5.54 Å². The first-order valence-corrected chi connectivity index (χ1v) is 9.00. The number of amides is 2. The Morgan fingerprint density at radius 3 is 2.75 bits per heavy atom. The van der Waals surface area contributed by atoms with Crippen LogP contribution in [0.15, 0.2) is 18.2 Å².